The first-order chi connectivity index (χ1) is 12.0. The molecule has 0 saturated heterocycles. The highest BCUT2D eigenvalue weighted by Gasteiger charge is 2.36. The van der Waals surface area contributed by atoms with Crippen molar-refractivity contribution in [2.45, 2.75) is 30.7 Å². The highest BCUT2D eigenvalue weighted by Crippen LogP contribution is 2.51. The van der Waals surface area contributed by atoms with Crippen LogP contribution in [-0.4, -0.2) is 19.7 Å². The second kappa shape index (κ2) is 5.95. The lowest BCUT2D eigenvalue weighted by molar-refractivity contribution is 0.523. The van der Waals surface area contributed by atoms with Crippen LogP contribution in [-0.2, 0) is 9.84 Å². The number of hydrogen-bond acceptors (Lipinski definition) is 3. The van der Waals surface area contributed by atoms with Crippen molar-refractivity contribution in [3.8, 4) is 0 Å². The predicted octanol–water partition coefficient (Wildman–Crippen LogP) is 4.53. The number of aromatic nitrogens is 1. The fourth-order valence-corrected chi connectivity index (χ4v) is 4.51. The molecular formula is C21H21NO2S. The fourth-order valence-electron chi connectivity index (χ4n) is 3.95. The zero-order chi connectivity index (χ0) is 17.5. The van der Waals surface area contributed by atoms with E-state index in [0.717, 1.165) is 5.56 Å². The monoisotopic (exact) mass is 351 g/mol. The molecule has 0 radical (unpaired) electrons. The Morgan fingerprint density at radius 3 is 2.08 bits per heavy atom. The van der Waals surface area contributed by atoms with Crippen LogP contribution in [0.4, 0.5) is 0 Å². The summed E-state index contributed by atoms with van der Waals surface area (Å²) in [5.74, 6) is 0. The molecule has 0 atom stereocenters. The van der Waals surface area contributed by atoms with E-state index in [-0.39, 0.29) is 10.4 Å². The summed E-state index contributed by atoms with van der Waals surface area (Å²) in [6, 6.07) is 13.9. The lowest BCUT2D eigenvalue weighted by Crippen LogP contribution is -2.05. The maximum Gasteiger partial charge on any atom is 0.192 e. The van der Waals surface area contributed by atoms with E-state index < -0.39 is 9.84 Å². The van der Waals surface area contributed by atoms with E-state index in [0.29, 0.717) is 0 Å². The number of benzene rings is 1. The van der Waals surface area contributed by atoms with E-state index in [2.05, 4.69) is 41.4 Å². The van der Waals surface area contributed by atoms with E-state index in [9.17, 15) is 8.42 Å². The maximum atomic E-state index is 11.7. The normalized spacial score (nSPS) is 19.1. The van der Waals surface area contributed by atoms with E-state index in [1.165, 1.54) is 48.6 Å². The Kier molecular flexibility index (Phi) is 3.88. The minimum atomic E-state index is -3.28. The molecule has 3 nitrogen and oxygen atoms in total. The lowest BCUT2D eigenvalue weighted by atomic mass is 9.88. The third-order valence-electron chi connectivity index (χ3n) is 5.20. The van der Waals surface area contributed by atoms with Crippen molar-refractivity contribution >= 4 is 21.0 Å². The average molecular weight is 351 g/mol. The molecule has 1 heterocycles. The van der Waals surface area contributed by atoms with Crippen molar-refractivity contribution in [2.24, 2.45) is 5.41 Å². The van der Waals surface area contributed by atoms with Crippen LogP contribution >= 0.6 is 0 Å². The van der Waals surface area contributed by atoms with E-state index >= 15 is 0 Å². The molecule has 0 amide bonds. The third kappa shape index (κ3) is 3.07. The first-order valence-electron chi connectivity index (χ1n) is 8.65. The van der Waals surface area contributed by atoms with Gasteiger partial charge in [0.15, 0.2) is 14.9 Å². The van der Waals surface area contributed by atoms with Gasteiger partial charge < -0.3 is 0 Å². The van der Waals surface area contributed by atoms with Gasteiger partial charge in [-0.25, -0.2) is 13.4 Å². The van der Waals surface area contributed by atoms with E-state index in [1.807, 2.05) is 12.1 Å². The van der Waals surface area contributed by atoms with Gasteiger partial charge in [-0.1, -0.05) is 55.3 Å². The summed E-state index contributed by atoms with van der Waals surface area (Å²) in [5.41, 5.74) is 4.73. The van der Waals surface area contributed by atoms with Crippen LogP contribution < -0.4 is 0 Å². The van der Waals surface area contributed by atoms with Gasteiger partial charge >= 0.3 is 0 Å². The smallest absolute Gasteiger partial charge is 0.192 e. The number of allylic oxidation sites excluding steroid dienone is 4. The van der Waals surface area contributed by atoms with Crippen molar-refractivity contribution in [3.63, 3.8) is 0 Å². The first-order valence-corrected chi connectivity index (χ1v) is 10.5. The summed E-state index contributed by atoms with van der Waals surface area (Å²) in [5, 5.41) is 0.121. The highest BCUT2D eigenvalue weighted by molar-refractivity contribution is 7.90. The topological polar surface area (TPSA) is 47.0 Å². The van der Waals surface area contributed by atoms with Gasteiger partial charge in [-0.05, 0) is 41.7 Å². The standard InChI is InChI=1S/C21H21NO2S/c1-25(23,24)20-10-9-17(15-22-20)19-14-21(11-5-6-12-21)13-18(19)16-7-3-2-4-8-16/h2-4,7-10,13-15H,5-6,11-12H2,1H3. The zero-order valence-electron chi connectivity index (χ0n) is 14.3. The van der Waals surface area contributed by atoms with Gasteiger partial charge in [-0.2, -0.15) is 0 Å². The molecule has 2 aliphatic rings. The molecule has 1 saturated carbocycles. The van der Waals surface area contributed by atoms with E-state index in [4.69, 9.17) is 0 Å². The molecule has 0 aliphatic heterocycles. The lowest BCUT2D eigenvalue weighted by Gasteiger charge is -2.16. The quantitative estimate of drug-likeness (QED) is 0.816. The molecule has 25 heavy (non-hydrogen) atoms. The van der Waals surface area contributed by atoms with Gasteiger partial charge in [0.25, 0.3) is 0 Å². The predicted molar refractivity (Wildman–Crippen MR) is 101 cm³/mol. The van der Waals surface area contributed by atoms with Gasteiger partial charge in [-0.3, -0.25) is 0 Å². The molecule has 4 heteroatoms. The summed E-state index contributed by atoms with van der Waals surface area (Å²) in [6.45, 7) is 0. The molecule has 4 rings (SSSR count). The van der Waals surface area contributed by atoms with Gasteiger partial charge in [0.2, 0.25) is 0 Å². The summed E-state index contributed by atoms with van der Waals surface area (Å²) < 4.78 is 23.3. The summed E-state index contributed by atoms with van der Waals surface area (Å²) in [4.78, 5) is 4.18. The third-order valence-corrected chi connectivity index (χ3v) is 6.20. The van der Waals surface area contributed by atoms with Crippen molar-refractivity contribution in [2.75, 3.05) is 6.26 Å². The van der Waals surface area contributed by atoms with Crippen LogP contribution in [0.15, 0.2) is 65.8 Å². The summed E-state index contributed by atoms with van der Waals surface area (Å²) in [6.07, 6.45) is 12.5. The maximum absolute atomic E-state index is 11.7. The molecule has 0 N–H and O–H groups in total. The van der Waals surface area contributed by atoms with Gasteiger partial charge in [0.05, 0.1) is 0 Å². The number of pyridine rings is 1. The van der Waals surface area contributed by atoms with Crippen molar-refractivity contribution < 1.29 is 8.42 Å². The van der Waals surface area contributed by atoms with Gasteiger partial charge in [-0.15, -0.1) is 0 Å². The van der Waals surface area contributed by atoms with Gasteiger partial charge in [0.1, 0.15) is 0 Å². The molecule has 1 fully saturated rings. The largest absolute Gasteiger partial charge is 0.244 e. The van der Waals surface area contributed by atoms with Crippen molar-refractivity contribution in [3.05, 3.63) is 71.9 Å². The summed E-state index contributed by atoms with van der Waals surface area (Å²) in [7, 11) is -3.28. The molecule has 1 aromatic heterocycles. The molecular weight excluding hydrogens is 330 g/mol. The van der Waals surface area contributed by atoms with Crippen LogP contribution in [0.2, 0.25) is 0 Å². The first kappa shape index (κ1) is 16.3. The summed E-state index contributed by atoms with van der Waals surface area (Å²) >= 11 is 0. The Labute approximate surface area is 149 Å². The minimum Gasteiger partial charge on any atom is -0.244 e. The fraction of sp³-hybridized carbons (Fsp3) is 0.286. The van der Waals surface area contributed by atoms with Crippen LogP contribution in [0, 0.1) is 5.41 Å². The number of nitrogens with zero attached hydrogens (tertiary/aromatic N) is 1. The second-order valence-corrected chi connectivity index (χ2v) is 9.04. The van der Waals surface area contributed by atoms with Crippen LogP contribution in [0.5, 0.6) is 0 Å². The number of rotatable bonds is 3. The molecule has 128 valence electrons. The molecule has 0 bridgehead atoms. The Hall–Kier alpha value is -2.20. The van der Waals surface area contributed by atoms with Crippen LogP contribution in [0.3, 0.4) is 0 Å². The molecule has 2 aliphatic carbocycles. The average Bonchev–Trinajstić information content (AvgIpc) is 3.23. The Morgan fingerprint density at radius 1 is 0.880 bits per heavy atom. The molecule has 1 spiro atoms. The Balaban J connectivity index is 1.80. The molecule has 1 aromatic carbocycles. The van der Waals surface area contributed by atoms with Crippen molar-refractivity contribution in [1.82, 2.24) is 4.98 Å². The molecule has 0 unspecified atom stereocenters. The van der Waals surface area contributed by atoms with Crippen LogP contribution in [0.1, 0.15) is 36.8 Å². The molecule has 2 aromatic rings. The Bertz CT molecular complexity index is 949. The van der Waals surface area contributed by atoms with Crippen LogP contribution in [0.25, 0.3) is 11.1 Å². The highest BCUT2D eigenvalue weighted by atomic mass is 32.2. The SMILES string of the molecule is CS(=O)(=O)c1ccc(C2=CC3(C=C2c2ccccc2)CCCC3)cn1. The number of hydrogen-bond donors (Lipinski definition) is 0. The van der Waals surface area contributed by atoms with Crippen molar-refractivity contribution in [1.29, 1.82) is 0 Å². The second-order valence-electron chi connectivity index (χ2n) is 7.08. The van der Waals surface area contributed by atoms with Gasteiger partial charge in [0, 0.05) is 23.4 Å². The van der Waals surface area contributed by atoms with E-state index in [1.54, 1.807) is 12.3 Å². The zero-order valence-corrected chi connectivity index (χ0v) is 15.1. The Morgan fingerprint density at radius 2 is 1.52 bits per heavy atom. The number of sulfone groups is 1. The minimum absolute atomic E-state index is 0.121.